The lowest BCUT2D eigenvalue weighted by Gasteiger charge is -2.08. The molecule has 0 saturated carbocycles. The number of methoxy groups -OCH3 is 1. The van der Waals surface area contributed by atoms with E-state index in [1.54, 1.807) is 7.11 Å². The molecule has 0 fully saturated rings. The molecule has 0 unspecified atom stereocenters. The maximum Gasteiger partial charge on any atom is 0.250 e. The van der Waals surface area contributed by atoms with Crippen molar-refractivity contribution in [1.82, 2.24) is 9.78 Å². The van der Waals surface area contributed by atoms with Crippen molar-refractivity contribution in [3.63, 3.8) is 0 Å². The number of aromatic nitrogens is 2. The van der Waals surface area contributed by atoms with E-state index in [1.165, 1.54) is 5.56 Å². The first-order valence-electron chi connectivity index (χ1n) is 7.52. The number of aryl methyl sites for hydroxylation is 2. The largest absolute Gasteiger partial charge is 0.382 e. The summed E-state index contributed by atoms with van der Waals surface area (Å²) in [5.74, 6) is -0.198. The van der Waals surface area contributed by atoms with E-state index in [0.29, 0.717) is 13.2 Å². The minimum Gasteiger partial charge on any atom is -0.382 e. The van der Waals surface area contributed by atoms with Crippen LogP contribution in [0, 0.1) is 20.8 Å². The third-order valence-electron chi connectivity index (χ3n) is 3.50. The van der Waals surface area contributed by atoms with Gasteiger partial charge >= 0.3 is 0 Å². The van der Waals surface area contributed by atoms with Gasteiger partial charge in [-0.25, -0.2) is 4.68 Å². The van der Waals surface area contributed by atoms with Crippen LogP contribution in [0.4, 0.5) is 5.69 Å². The SMILES string of the molecule is COCCOCC(=O)Nc1c(C)nn(-c2ccc(C)cc2)c1C. The summed E-state index contributed by atoms with van der Waals surface area (Å²) in [5, 5.41) is 7.38. The average molecular weight is 317 g/mol. The predicted octanol–water partition coefficient (Wildman–Crippen LogP) is 2.40. The Morgan fingerprint density at radius 1 is 1.17 bits per heavy atom. The first-order chi connectivity index (χ1) is 11.0. The summed E-state index contributed by atoms with van der Waals surface area (Å²) < 4.78 is 11.9. The Morgan fingerprint density at radius 2 is 1.87 bits per heavy atom. The standard InChI is InChI=1S/C17H23N3O3/c1-12-5-7-15(8-6-12)20-14(3)17(13(2)19-20)18-16(21)11-23-10-9-22-4/h5-8H,9-11H2,1-4H3,(H,18,21). The smallest absolute Gasteiger partial charge is 0.250 e. The van der Waals surface area contributed by atoms with Crippen LogP contribution in [0.2, 0.25) is 0 Å². The number of amides is 1. The Kier molecular flexibility index (Phi) is 5.90. The molecule has 6 heteroatoms. The molecule has 0 aliphatic carbocycles. The van der Waals surface area contributed by atoms with E-state index in [1.807, 2.05) is 49.7 Å². The van der Waals surface area contributed by atoms with Crippen LogP contribution >= 0.6 is 0 Å². The van der Waals surface area contributed by atoms with Gasteiger partial charge in [-0.2, -0.15) is 5.10 Å². The van der Waals surface area contributed by atoms with Gasteiger partial charge in [-0.15, -0.1) is 0 Å². The van der Waals surface area contributed by atoms with Gasteiger partial charge in [-0.3, -0.25) is 4.79 Å². The number of rotatable bonds is 7. The molecule has 6 nitrogen and oxygen atoms in total. The van der Waals surface area contributed by atoms with Crippen LogP contribution in [0.3, 0.4) is 0 Å². The highest BCUT2D eigenvalue weighted by molar-refractivity contribution is 5.92. The van der Waals surface area contributed by atoms with E-state index in [-0.39, 0.29) is 12.5 Å². The molecule has 2 rings (SSSR count). The maximum atomic E-state index is 12.0. The van der Waals surface area contributed by atoms with Crippen molar-refractivity contribution < 1.29 is 14.3 Å². The van der Waals surface area contributed by atoms with Gasteiger partial charge in [0.1, 0.15) is 6.61 Å². The van der Waals surface area contributed by atoms with E-state index in [9.17, 15) is 4.79 Å². The van der Waals surface area contributed by atoms with Gasteiger partial charge in [-0.1, -0.05) is 17.7 Å². The fourth-order valence-corrected chi connectivity index (χ4v) is 2.24. The van der Waals surface area contributed by atoms with Crippen molar-refractivity contribution in [3.05, 3.63) is 41.2 Å². The second-order valence-corrected chi connectivity index (χ2v) is 5.39. The summed E-state index contributed by atoms with van der Waals surface area (Å²) in [7, 11) is 1.59. The molecule has 2 aromatic rings. The third-order valence-corrected chi connectivity index (χ3v) is 3.50. The highest BCUT2D eigenvalue weighted by Gasteiger charge is 2.15. The van der Waals surface area contributed by atoms with Crippen molar-refractivity contribution in [1.29, 1.82) is 0 Å². The lowest BCUT2D eigenvalue weighted by Crippen LogP contribution is -2.20. The van der Waals surface area contributed by atoms with Gasteiger partial charge in [-0.05, 0) is 32.9 Å². The molecule has 1 amide bonds. The first-order valence-corrected chi connectivity index (χ1v) is 7.52. The van der Waals surface area contributed by atoms with E-state index in [0.717, 1.165) is 22.8 Å². The Morgan fingerprint density at radius 3 is 2.52 bits per heavy atom. The number of hydrogen-bond donors (Lipinski definition) is 1. The molecule has 0 spiro atoms. The molecule has 0 aliphatic heterocycles. The zero-order valence-corrected chi connectivity index (χ0v) is 14.0. The molecule has 0 bridgehead atoms. The Hall–Kier alpha value is -2.18. The molecule has 0 radical (unpaired) electrons. The van der Waals surface area contributed by atoms with Gasteiger partial charge in [0, 0.05) is 7.11 Å². The molecule has 1 aromatic heterocycles. The zero-order valence-electron chi connectivity index (χ0n) is 14.0. The van der Waals surface area contributed by atoms with Crippen molar-refractivity contribution in [2.24, 2.45) is 0 Å². The molecule has 1 N–H and O–H groups in total. The summed E-state index contributed by atoms with van der Waals surface area (Å²) in [6.07, 6.45) is 0. The second kappa shape index (κ2) is 7.89. The lowest BCUT2D eigenvalue weighted by atomic mass is 10.2. The topological polar surface area (TPSA) is 65.4 Å². The van der Waals surface area contributed by atoms with Crippen molar-refractivity contribution in [3.8, 4) is 5.69 Å². The van der Waals surface area contributed by atoms with Crippen LogP contribution < -0.4 is 5.32 Å². The molecular formula is C17H23N3O3. The quantitative estimate of drug-likeness (QED) is 0.796. The molecule has 1 aromatic carbocycles. The van der Waals surface area contributed by atoms with Gasteiger partial charge < -0.3 is 14.8 Å². The number of nitrogens with zero attached hydrogens (tertiary/aromatic N) is 2. The lowest BCUT2D eigenvalue weighted by molar-refractivity contribution is -0.121. The summed E-state index contributed by atoms with van der Waals surface area (Å²) >= 11 is 0. The van der Waals surface area contributed by atoms with Crippen LogP contribution in [-0.4, -0.2) is 42.6 Å². The van der Waals surface area contributed by atoms with Crippen molar-refractivity contribution >= 4 is 11.6 Å². The summed E-state index contributed by atoms with van der Waals surface area (Å²) in [5.41, 5.74) is 4.54. The fraction of sp³-hybridized carbons (Fsp3) is 0.412. The van der Waals surface area contributed by atoms with Gasteiger partial charge in [0.05, 0.1) is 36.0 Å². The number of hydrogen-bond acceptors (Lipinski definition) is 4. The highest BCUT2D eigenvalue weighted by Crippen LogP contribution is 2.22. The van der Waals surface area contributed by atoms with Crippen LogP contribution in [-0.2, 0) is 14.3 Å². The Balaban J connectivity index is 2.08. The minimum atomic E-state index is -0.198. The maximum absolute atomic E-state index is 12.0. The van der Waals surface area contributed by atoms with Gasteiger partial charge in [0.25, 0.3) is 0 Å². The summed E-state index contributed by atoms with van der Waals surface area (Å²) in [6, 6.07) is 8.09. The molecule has 1 heterocycles. The van der Waals surface area contributed by atoms with Crippen LogP contribution in [0.5, 0.6) is 0 Å². The number of anilines is 1. The average Bonchev–Trinajstić information content (AvgIpc) is 2.80. The number of ether oxygens (including phenoxy) is 2. The number of carbonyl (C=O) groups excluding carboxylic acids is 1. The predicted molar refractivity (Wildman–Crippen MR) is 89.1 cm³/mol. The molecular weight excluding hydrogens is 294 g/mol. The highest BCUT2D eigenvalue weighted by atomic mass is 16.5. The number of benzene rings is 1. The van der Waals surface area contributed by atoms with Crippen molar-refractivity contribution in [2.75, 3.05) is 32.2 Å². The van der Waals surface area contributed by atoms with E-state index < -0.39 is 0 Å². The molecule has 0 atom stereocenters. The van der Waals surface area contributed by atoms with Crippen molar-refractivity contribution in [2.45, 2.75) is 20.8 Å². The first kappa shape index (κ1) is 17.2. The molecule has 0 aliphatic rings. The fourth-order valence-electron chi connectivity index (χ4n) is 2.24. The number of nitrogens with one attached hydrogen (secondary N) is 1. The zero-order chi connectivity index (χ0) is 16.8. The third kappa shape index (κ3) is 4.40. The molecule has 23 heavy (non-hydrogen) atoms. The van der Waals surface area contributed by atoms with E-state index in [4.69, 9.17) is 9.47 Å². The van der Waals surface area contributed by atoms with Crippen LogP contribution in [0.1, 0.15) is 17.0 Å². The van der Waals surface area contributed by atoms with Gasteiger partial charge in [0.15, 0.2) is 0 Å². The number of carbonyl (C=O) groups is 1. The minimum absolute atomic E-state index is 0.00203. The van der Waals surface area contributed by atoms with E-state index >= 15 is 0 Å². The molecule has 124 valence electrons. The van der Waals surface area contributed by atoms with E-state index in [2.05, 4.69) is 10.4 Å². The normalized spacial score (nSPS) is 10.8. The Bertz CT molecular complexity index is 662. The summed E-state index contributed by atoms with van der Waals surface area (Å²) in [6.45, 7) is 6.71. The summed E-state index contributed by atoms with van der Waals surface area (Å²) in [4.78, 5) is 12.0. The van der Waals surface area contributed by atoms with Crippen LogP contribution in [0.15, 0.2) is 24.3 Å². The van der Waals surface area contributed by atoms with Crippen LogP contribution in [0.25, 0.3) is 5.69 Å². The van der Waals surface area contributed by atoms with Gasteiger partial charge in [0.2, 0.25) is 5.91 Å². The monoisotopic (exact) mass is 317 g/mol. The Labute approximate surface area is 136 Å². The second-order valence-electron chi connectivity index (χ2n) is 5.39. The molecule has 0 saturated heterocycles.